The molecule has 0 heterocycles. The quantitative estimate of drug-likeness (QED) is 0.822. The van der Waals surface area contributed by atoms with Gasteiger partial charge in [-0.1, -0.05) is 26.0 Å². The molecule has 1 aromatic carbocycles. The van der Waals surface area contributed by atoms with Crippen molar-refractivity contribution in [3.63, 3.8) is 0 Å². The monoisotopic (exact) mass is 328 g/mol. The van der Waals surface area contributed by atoms with Crippen LogP contribution in [0.3, 0.4) is 0 Å². The largest absolute Gasteiger partial charge is 0.450 e. The highest BCUT2D eigenvalue weighted by Gasteiger charge is 2.19. The van der Waals surface area contributed by atoms with Crippen molar-refractivity contribution >= 4 is 22.0 Å². The summed E-state index contributed by atoms with van der Waals surface area (Å²) >= 11 is 0. The fourth-order valence-corrected chi connectivity index (χ4v) is 2.56. The SMILES string of the molecule is CCOC(=O)NCc1ccc(S(=O)(=O)NC(=O)C(C)C)cc1. The predicted molar refractivity (Wildman–Crippen MR) is 80.5 cm³/mol. The first kappa shape index (κ1) is 18.0. The van der Waals surface area contributed by atoms with Crippen molar-refractivity contribution in [2.24, 2.45) is 5.92 Å². The highest BCUT2D eigenvalue weighted by atomic mass is 32.2. The molecule has 0 spiro atoms. The highest BCUT2D eigenvalue weighted by Crippen LogP contribution is 2.11. The van der Waals surface area contributed by atoms with Gasteiger partial charge in [-0.15, -0.1) is 0 Å². The van der Waals surface area contributed by atoms with Gasteiger partial charge in [0.1, 0.15) is 0 Å². The number of hydrogen-bond acceptors (Lipinski definition) is 5. The molecule has 122 valence electrons. The molecule has 0 saturated heterocycles. The molecule has 0 atom stereocenters. The molecule has 1 aromatic rings. The van der Waals surface area contributed by atoms with Crippen molar-refractivity contribution in [3.8, 4) is 0 Å². The summed E-state index contributed by atoms with van der Waals surface area (Å²) in [5.41, 5.74) is 0.710. The first-order chi connectivity index (χ1) is 10.3. The van der Waals surface area contributed by atoms with Crippen LogP contribution in [-0.4, -0.2) is 27.0 Å². The number of carbonyl (C=O) groups excluding carboxylic acids is 2. The summed E-state index contributed by atoms with van der Waals surface area (Å²) in [6.07, 6.45) is -0.539. The minimum Gasteiger partial charge on any atom is -0.450 e. The molecule has 2 amide bonds. The number of alkyl carbamates (subject to hydrolysis) is 1. The first-order valence-corrected chi connectivity index (χ1v) is 8.30. The Bertz CT molecular complexity index is 623. The van der Waals surface area contributed by atoms with Crippen LogP contribution in [0.15, 0.2) is 29.2 Å². The van der Waals surface area contributed by atoms with Crippen molar-refractivity contribution in [1.82, 2.24) is 10.0 Å². The summed E-state index contributed by atoms with van der Waals surface area (Å²) < 4.78 is 30.7. The average molecular weight is 328 g/mol. The van der Waals surface area contributed by atoms with Crippen LogP contribution in [0.25, 0.3) is 0 Å². The second kappa shape index (κ2) is 7.79. The molecule has 0 radical (unpaired) electrons. The summed E-state index contributed by atoms with van der Waals surface area (Å²) in [5, 5.41) is 2.52. The zero-order valence-electron chi connectivity index (χ0n) is 12.8. The van der Waals surface area contributed by atoms with Crippen LogP contribution >= 0.6 is 0 Å². The predicted octanol–water partition coefficient (Wildman–Crippen LogP) is 1.39. The molecule has 0 aliphatic rings. The van der Waals surface area contributed by atoms with Crippen molar-refractivity contribution in [3.05, 3.63) is 29.8 Å². The van der Waals surface area contributed by atoms with Crippen molar-refractivity contribution in [1.29, 1.82) is 0 Å². The van der Waals surface area contributed by atoms with Gasteiger partial charge in [0.2, 0.25) is 5.91 Å². The van der Waals surface area contributed by atoms with E-state index in [0.29, 0.717) is 5.56 Å². The molecule has 0 aliphatic heterocycles. The Morgan fingerprint density at radius 1 is 1.18 bits per heavy atom. The second-order valence-electron chi connectivity index (χ2n) is 4.84. The Kier molecular flexibility index (Phi) is 6.36. The van der Waals surface area contributed by atoms with Gasteiger partial charge in [-0.3, -0.25) is 4.79 Å². The van der Waals surface area contributed by atoms with E-state index < -0.39 is 27.9 Å². The van der Waals surface area contributed by atoms with Gasteiger partial charge in [0.25, 0.3) is 10.0 Å². The lowest BCUT2D eigenvalue weighted by Gasteiger charge is -2.10. The van der Waals surface area contributed by atoms with Gasteiger partial charge < -0.3 is 10.1 Å². The average Bonchev–Trinajstić information content (AvgIpc) is 2.45. The van der Waals surface area contributed by atoms with E-state index in [0.717, 1.165) is 0 Å². The third kappa shape index (κ3) is 5.36. The maximum absolute atomic E-state index is 12.0. The maximum Gasteiger partial charge on any atom is 0.407 e. The summed E-state index contributed by atoms with van der Waals surface area (Å²) in [7, 11) is -3.87. The molecule has 0 aliphatic carbocycles. The van der Waals surface area contributed by atoms with E-state index in [9.17, 15) is 18.0 Å². The fraction of sp³-hybridized carbons (Fsp3) is 0.429. The van der Waals surface area contributed by atoms with Crippen LogP contribution < -0.4 is 10.0 Å². The number of hydrogen-bond donors (Lipinski definition) is 2. The fourth-order valence-electron chi connectivity index (χ4n) is 1.45. The van der Waals surface area contributed by atoms with Crippen LogP contribution in [0, 0.1) is 5.92 Å². The van der Waals surface area contributed by atoms with E-state index in [4.69, 9.17) is 4.74 Å². The topological polar surface area (TPSA) is 102 Å². The molecule has 0 aromatic heterocycles. The molecule has 0 unspecified atom stereocenters. The highest BCUT2D eigenvalue weighted by molar-refractivity contribution is 7.90. The standard InChI is InChI=1S/C14H20N2O5S/c1-4-21-14(18)15-9-11-5-7-12(8-6-11)22(19,20)16-13(17)10(2)3/h5-8,10H,4,9H2,1-3H3,(H,15,18)(H,16,17). The van der Waals surface area contributed by atoms with Crippen LogP contribution in [0.4, 0.5) is 4.79 Å². The molecule has 7 nitrogen and oxygen atoms in total. The Morgan fingerprint density at radius 3 is 2.27 bits per heavy atom. The second-order valence-corrected chi connectivity index (χ2v) is 6.52. The maximum atomic E-state index is 12.0. The number of carbonyl (C=O) groups is 2. The van der Waals surface area contributed by atoms with Gasteiger partial charge in [0.05, 0.1) is 11.5 Å². The lowest BCUT2D eigenvalue weighted by Crippen LogP contribution is -2.33. The van der Waals surface area contributed by atoms with E-state index in [-0.39, 0.29) is 18.0 Å². The number of nitrogens with one attached hydrogen (secondary N) is 2. The summed E-state index contributed by atoms with van der Waals surface area (Å²) in [6.45, 7) is 5.41. The summed E-state index contributed by atoms with van der Waals surface area (Å²) in [5.74, 6) is -0.990. The van der Waals surface area contributed by atoms with Gasteiger partial charge in [0, 0.05) is 12.5 Å². The molecule has 8 heteroatoms. The van der Waals surface area contributed by atoms with Crippen LogP contribution in [0.5, 0.6) is 0 Å². The van der Waals surface area contributed by atoms with Gasteiger partial charge >= 0.3 is 6.09 Å². The summed E-state index contributed by atoms with van der Waals surface area (Å²) in [4.78, 5) is 22.6. The molecule has 0 bridgehead atoms. The minimum atomic E-state index is -3.87. The van der Waals surface area contributed by atoms with Gasteiger partial charge in [0.15, 0.2) is 0 Å². The number of rotatable bonds is 6. The third-order valence-electron chi connectivity index (χ3n) is 2.71. The molecular weight excluding hydrogens is 308 g/mol. The Labute approximate surface area is 130 Å². The lowest BCUT2D eigenvalue weighted by atomic mass is 10.2. The van der Waals surface area contributed by atoms with Crippen molar-refractivity contribution < 1.29 is 22.7 Å². The van der Waals surface area contributed by atoms with E-state index in [2.05, 4.69) is 5.32 Å². The molecular formula is C14H20N2O5S. The smallest absolute Gasteiger partial charge is 0.407 e. The lowest BCUT2D eigenvalue weighted by molar-refractivity contribution is -0.122. The van der Waals surface area contributed by atoms with Gasteiger partial charge in [-0.2, -0.15) is 0 Å². The normalized spacial score (nSPS) is 11.1. The van der Waals surface area contributed by atoms with Crippen molar-refractivity contribution in [2.75, 3.05) is 6.61 Å². The number of ether oxygens (including phenoxy) is 1. The Morgan fingerprint density at radius 2 is 1.77 bits per heavy atom. The number of amides is 2. The van der Waals surface area contributed by atoms with E-state index in [1.54, 1.807) is 32.9 Å². The number of benzene rings is 1. The van der Waals surface area contributed by atoms with Crippen LogP contribution in [0.2, 0.25) is 0 Å². The molecule has 1 rings (SSSR count). The Balaban J connectivity index is 2.71. The zero-order chi connectivity index (χ0) is 16.8. The minimum absolute atomic E-state index is 0.0126. The molecule has 0 fully saturated rings. The van der Waals surface area contributed by atoms with Crippen LogP contribution in [-0.2, 0) is 26.1 Å². The zero-order valence-corrected chi connectivity index (χ0v) is 13.6. The van der Waals surface area contributed by atoms with E-state index in [1.165, 1.54) is 12.1 Å². The summed E-state index contributed by atoms with van der Waals surface area (Å²) in [6, 6.07) is 5.86. The van der Waals surface area contributed by atoms with Crippen LogP contribution in [0.1, 0.15) is 26.3 Å². The third-order valence-corrected chi connectivity index (χ3v) is 4.07. The Hall–Kier alpha value is -2.09. The van der Waals surface area contributed by atoms with Gasteiger partial charge in [-0.05, 0) is 24.6 Å². The first-order valence-electron chi connectivity index (χ1n) is 6.82. The number of sulfonamides is 1. The van der Waals surface area contributed by atoms with Gasteiger partial charge in [-0.25, -0.2) is 17.9 Å². The molecule has 2 N–H and O–H groups in total. The van der Waals surface area contributed by atoms with E-state index >= 15 is 0 Å². The van der Waals surface area contributed by atoms with E-state index in [1.807, 2.05) is 4.72 Å². The molecule has 0 saturated carbocycles. The van der Waals surface area contributed by atoms with Crippen molar-refractivity contribution in [2.45, 2.75) is 32.2 Å². The molecule has 22 heavy (non-hydrogen) atoms.